The van der Waals surface area contributed by atoms with Gasteiger partial charge in [-0.1, -0.05) is 6.61 Å². The van der Waals surface area contributed by atoms with Gasteiger partial charge in [0.25, 0.3) is 0 Å². The standard InChI is InChI=1S/C5H9O2.Rf/c1-2-6-3-5-4-7-5;/h5H,1-4H2;/q-1;. The van der Waals surface area contributed by atoms with Gasteiger partial charge >= 0.3 is 0 Å². The van der Waals surface area contributed by atoms with E-state index in [1.54, 1.807) is 0 Å². The van der Waals surface area contributed by atoms with Crippen LogP contribution in [0.15, 0.2) is 0 Å². The average molecular weight is 368 g/mol. The molecule has 0 aromatic heterocycles. The van der Waals surface area contributed by atoms with E-state index in [0.717, 1.165) is 13.2 Å². The molecule has 1 rings (SSSR count). The van der Waals surface area contributed by atoms with Crippen LogP contribution in [0.25, 0.3) is 0 Å². The predicted octanol–water partition coefficient (Wildman–Crippen LogP) is 0.236. The molecule has 44 valence electrons. The first-order valence-electron chi connectivity index (χ1n) is 2.42. The van der Waals surface area contributed by atoms with Crippen molar-refractivity contribution in [1.29, 1.82) is 0 Å². The van der Waals surface area contributed by atoms with E-state index in [1.165, 1.54) is 0 Å². The smallest absolute Gasteiger partial charge is 0.104 e. The summed E-state index contributed by atoms with van der Waals surface area (Å²) in [7, 11) is 0. The normalized spacial score (nSPS) is 24.4. The molecule has 0 bridgehead atoms. The summed E-state index contributed by atoms with van der Waals surface area (Å²) < 4.78 is 9.78. The molecule has 1 fully saturated rings. The van der Waals surface area contributed by atoms with Crippen LogP contribution in [0, 0.1) is 6.92 Å². The van der Waals surface area contributed by atoms with E-state index in [0.29, 0.717) is 12.7 Å². The molecular formula is C5H9O2Rf-. The minimum atomic E-state index is 0. The first-order valence-corrected chi connectivity index (χ1v) is 2.42. The van der Waals surface area contributed by atoms with Crippen LogP contribution < -0.4 is 0 Å². The number of ether oxygens (including phenoxy) is 2. The molecule has 2 nitrogen and oxygen atoms in total. The van der Waals surface area contributed by atoms with E-state index in [1.807, 2.05) is 0 Å². The monoisotopic (exact) mass is 368 g/mol. The van der Waals surface area contributed by atoms with Crippen molar-refractivity contribution in [2.45, 2.75) is 6.10 Å². The van der Waals surface area contributed by atoms with Crippen molar-refractivity contribution in [2.24, 2.45) is 0 Å². The van der Waals surface area contributed by atoms with Crippen LogP contribution in [-0.2, 0) is 9.47 Å². The van der Waals surface area contributed by atoms with Crippen LogP contribution in [0.4, 0.5) is 0 Å². The summed E-state index contributed by atoms with van der Waals surface area (Å²) in [4.78, 5) is 0. The van der Waals surface area contributed by atoms with Gasteiger partial charge in [0.2, 0.25) is 0 Å². The van der Waals surface area contributed by atoms with Gasteiger partial charge in [-0.3, -0.25) is 0 Å². The van der Waals surface area contributed by atoms with Crippen molar-refractivity contribution in [3.05, 3.63) is 6.92 Å². The predicted molar refractivity (Wildman–Crippen MR) is 25.9 cm³/mol. The molecule has 3 heteroatoms. The third-order valence-electron chi connectivity index (χ3n) is 0.850. The maximum Gasteiger partial charge on any atom is 0.104 e. The Labute approximate surface area is 43.4 Å². The van der Waals surface area contributed by atoms with Crippen molar-refractivity contribution < 1.29 is 9.47 Å². The quantitative estimate of drug-likeness (QED) is 0.526. The molecular weight excluding hydrogens is 359 g/mol. The molecule has 0 spiro atoms. The van der Waals surface area contributed by atoms with E-state index in [9.17, 15) is 0 Å². The maximum absolute atomic E-state index is 4.92. The second kappa shape index (κ2) is 2.99. The Kier molecular flexibility index (Phi) is 2.59. The van der Waals surface area contributed by atoms with Crippen LogP contribution in [0.2, 0.25) is 0 Å². The van der Waals surface area contributed by atoms with Crippen molar-refractivity contribution in [3.63, 3.8) is 0 Å². The molecule has 1 aliphatic heterocycles. The molecule has 0 aliphatic carbocycles. The van der Waals surface area contributed by atoms with Gasteiger partial charge in [-0.15, -0.1) is 0 Å². The number of hydrogen-bond acceptors (Lipinski definition) is 2. The first kappa shape index (κ1) is 6.92. The topological polar surface area (TPSA) is 21.8 Å². The van der Waals surface area contributed by atoms with Crippen LogP contribution in [0.3, 0.4) is 0 Å². The third-order valence-corrected chi connectivity index (χ3v) is 0.850. The molecule has 1 atom stereocenters. The van der Waals surface area contributed by atoms with E-state index in [2.05, 4.69) is 6.92 Å². The summed E-state index contributed by atoms with van der Waals surface area (Å²) in [5.41, 5.74) is 0. The van der Waals surface area contributed by atoms with Gasteiger partial charge < -0.3 is 16.4 Å². The Bertz CT molecular complexity index is 54.4. The first-order chi connectivity index (χ1) is 3.43. The minimum Gasteiger partial charge on any atom is -0.411 e. The molecule has 1 saturated heterocycles. The second-order valence-corrected chi connectivity index (χ2v) is 1.53. The van der Waals surface area contributed by atoms with Gasteiger partial charge in [-0.25, -0.2) is 0 Å². The van der Waals surface area contributed by atoms with E-state index in [4.69, 9.17) is 9.47 Å². The third kappa shape index (κ3) is 2.16. The SMILES string of the molecule is [CH2-]COCC1CO1.[Rf]. The van der Waals surface area contributed by atoms with Crippen molar-refractivity contribution >= 4 is 0 Å². The molecule has 8 heavy (non-hydrogen) atoms. The Hall–Kier alpha value is -1.08. The molecule has 0 aromatic carbocycles. The minimum absolute atomic E-state index is 0. The van der Waals surface area contributed by atoms with E-state index >= 15 is 0 Å². The molecule has 0 amide bonds. The van der Waals surface area contributed by atoms with Crippen LogP contribution >= 0.6 is 0 Å². The summed E-state index contributed by atoms with van der Waals surface area (Å²) in [5.74, 6) is 0. The van der Waals surface area contributed by atoms with Gasteiger partial charge in [-0.05, 0) is 0 Å². The Balaban J connectivity index is 0.000000490. The van der Waals surface area contributed by atoms with Gasteiger partial charge in [0.1, 0.15) is 6.10 Å². The molecule has 0 saturated carbocycles. The van der Waals surface area contributed by atoms with Crippen molar-refractivity contribution in [3.8, 4) is 0 Å². The summed E-state index contributed by atoms with van der Waals surface area (Å²) in [6.07, 6.45) is 0.391. The van der Waals surface area contributed by atoms with Gasteiger partial charge in [0, 0.05) is 0 Å². The summed E-state index contributed by atoms with van der Waals surface area (Å²) in [6, 6.07) is 0. The largest absolute Gasteiger partial charge is 0.411 e. The maximum atomic E-state index is 4.92. The van der Waals surface area contributed by atoms with Crippen LogP contribution in [0.5, 0.6) is 0 Å². The van der Waals surface area contributed by atoms with Crippen LogP contribution in [0.1, 0.15) is 0 Å². The second-order valence-electron chi connectivity index (χ2n) is 1.53. The molecule has 0 N–H and O–H groups in total. The number of epoxide rings is 1. The Morgan fingerprint density at radius 3 is 2.75 bits per heavy atom. The van der Waals surface area contributed by atoms with Gasteiger partial charge in [0.15, 0.2) is 0 Å². The molecule has 0 radical (unpaired) electrons. The molecule has 0 aromatic rings. The van der Waals surface area contributed by atoms with Crippen LogP contribution in [-0.4, -0.2) is 25.9 Å². The molecule has 1 aliphatic rings. The van der Waals surface area contributed by atoms with Crippen molar-refractivity contribution in [2.75, 3.05) is 19.8 Å². The van der Waals surface area contributed by atoms with E-state index < -0.39 is 0 Å². The van der Waals surface area contributed by atoms with E-state index in [-0.39, 0.29) is 0 Å². The fourth-order valence-electron chi connectivity index (χ4n) is 0.379. The van der Waals surface area contributed by atoms with Gasteiger partial charge in [-0.2, -0.15) is 0 Å². The Morgan fingerprint density at radius 1 is 1.75 bits per heavy atom. The number of rotatable bonds is 3. The Morgan fingerprint density at radius 2 is 2.38 bits per heavy atom. The summed E-state index contributed by atoms with van der Waals surface area (Å²) in [6.45, 7) is 5.66. The van der Waals surface area contributed by atoms with Crippen molar-refractivity contribution in [1.82, 2.24) is 0 Å². The molecule has 1 heterocycles. The zero-order chi connectivity index (χ0) is 5.11. The number of hydrogen-bond donors (Lipinski definition) is 0. The zero-order valence-corrected chi connectivity index (χ0v) is 11.3. The zero-order valence-electron chi connectivity index (χ0n) is 4.93. The van der Waals surface area contributed by atoms with Gasteiger partial charge in [0.05, 0.1) is 13.2 Å². The average Bonchev–Trinajstić information content (AvgIpc) is 2.42. The fourth-order valence-corrected chi connectivity index (χ4v) is 0.379. The summed E-state index contributed by atoms with van der Waals surface area (Å²) >= 11 is 0. The fraction of sp³-hybridized carbons (Fsp3) is 0.800. The summed E-state index contributed by atoms with van der Waals surface area (Å²) in [5, 5.41) is 0. The molecule has 1 unspecified atom stereocenters.